The first-order valence-electron chi connectivity index (χ1n) is 7.79. The molecule has 0 aliphatic rings. The van der Waals surface area contributed by atoms with E-state index in [1.54, 1.807) is 18.2 Å². The van der Waals surface area contributed by atoms with Crippen LogP contribution in [-0.2, 0) is 4.79 Å². The van der Waals surface area contributed by atoms with Gasteiger partial charge in [-0.3, -0.25) is 14.6 Å². The van der Waals surface area contributed by atoms with Gasteiger partial charge >= 0.3 is 0 Å². The highest BCUT2D eigenvalue weighted by Gasteiger charge is 2.12. The number of carbonyl (C=O) groups excluding carboxylic acids is 2. The molecular formula is C18H20FN3O3. The van der Waals surface area contributed by atoms with Crippen LogP contribution in [0.5, 0.6) is 5.75 Å². The molecule has 0 saturated heterocycles. The largest absolute Gasteiger partial charge is 0.494 e. The maximum Gasteiger partial charge on any atom is 0.257 e. The number of methoxy groups -OCH3 is 1. The van der Waals surface area contributed by atoms with Crippen LogP contribution in [0.4, 0.5) is 15.8 Å². The SMILES string of the molecule is COc1cc(NC(=O)c2cncc(F)c2)ccc1NC(=O)CC(C)C. The van der Waals surface area contributed by atoms with Crippen LogP contribution in [0.15, 0.2) is 36.7 Å². The molecule has 0 radical (unpaired) electrons. The third kappa shape index (κ3) is 5.27. The number of amides is 2. The fraction of sp³-hybridized carbons (Fsp3) is 0.278. The lowest BCUT2D eigenvalue weighted by atomic mass is 10.1. The summed E-state index contributed by atoms with van der Waals surface area (Å²) in [6.07, 6.45) is 2.69. The molecule has 132 valence electrons. The van der Waals surface area contributed by atoms with E-state index in [2.05, 4.69) is 15.6 Å². The van der Waals surface area contributed by atoms with Crippen molar-refractivity contribution in [2.45, 2.75) is 20.3 Å². The van der Waals surface area contributed by atoms with Gasteiger partial charge < -0.3 is 15.4 Å². The normalized spacial score (nSPS) is 10.4. The van der Waals surface area contributed by atoms with Crippen molar-refractivity contribution < 1.29 is 18.7 Å². The number of anilines is 2. The second-order valence-electron chi connectivity index (χ2n) is 5.91. The van der Waals surface area contributed by atoms with Crippen molar-refractivity contribution >= 4 is 23.2 Å². The van der Waals surface area contributed by atoms with E-state index in [0.717, 1.165) is 12.3 Å². The lowest BCUT2D eigenvalue weighted by Crippen LogP contribution is -2.15. The molecule has 0 unspecified atom stereocenters. The van der Waals surface area contributed by atoms with E-state index in [-0.39, 0.29) is 17.4 Å². The van der Waals surface area contributed by atoms with E-state index in [1.807, 2.05) is 13.8 Å². The van der Waals surface area contributed by atoms with Gasteiger partial charge in [0.2, 0.25) is 5.91 Å². The van der Waals surface area contributed by atoms with Crippen molar-refractivity contribution in [2.24, 2.45) is 5.92 Å². The van der Waals surface area contributed by atoms with Gasteiger partial charge in [0.05, 0.1) is 24.6 Å². The van der Waals surface area contributed by atoms with Gasteiger partial charge in [0, 0.05) is 24.4 Å². The second kappa shape index (κ2) is 8.23. The van der Waals surface area contributed by atoms with Crippen LogP contribution in [-0.4, -0.2) is 23.9 Å². The van der Waals surface area contributed by atoms with E-state index in [0.29, 0.717) is 23.5 Å². The number of hydrogen-bond donors (Lipinski definition) is 2. The number of carbonyl (C=O) groups is 2. The summed E-state index contributed by atoms with van der Waals surface area (Å²) in [6, 6.07) is 5.93. The monoisotopic (exact) mass is 345 g/mol. The Morgan fingerprint density at radius 3 is 2.60 bits per heavy atom. The van der Waals surface area contributed by atoms with E-state index in [1.165, 1.54) is 13.3 Å². The van der Waals surface area contributed by atoms with Crippen molar-refractivity contribution in [3.63, 3.8) is 0 Å². The Morgan fingerprint density at radius 2 is 1.96 bits per heavy atom. The summed E-state index contributed by atoms with van der Waals surface area (Å²) in [5.74, 6) is -0.549. The summed E-state index contributed by atoms with van der Waals surface area (Å²) in [5.41, 5.74) is 1.07. The van der Waals surface area contributed by atoms with Crippen LogP contribution in [0, 0.1) is 11.7 Å². The van der Waals surface area contributed by atoms with Crippen molar-refractivity contribution in [3.05, 3.63) is 48.0 Å². The van der Waals surface area contributed by atoms with Gasteiger partial charge in [-0.2, -0.15) is 0 Å². The van der Waals surface area contributed by atoms with E-state index in [9.17, 15) is 14.0 Å². The third-order valence-electron chi connectivity index (χ3n) is 3.29. The molecule has 2 rings (SSSR count). The Kier molecular flexibility index (Phi) is 6.05. The number of ether oxygens (including phenoxy) is 1. The minimum Gasteiger partial charge on any atom is -0.494 e. The molecule has 2 amide bonds. The zero-order chi connectivity index (χ0) is 18.4. The summed E-state index contributed by atoms with van der Waals surface area (Å²) in [7, 11) is 1.47. The first kappa shape index (κ1) is 18.4. The summed E-state index contributed by atoms with van der Waals surface area (Å²) in [4.78, 5) is 27.7. The average Bonchev–Trinajstić information content (AvgIpc) is 2.55. The fourth-order valence-electron chi connectivity index (χ4n) is 2.18. The van der Waals surface area contributed by atoms with Gasteiger partial charge in [-0.05, 0) is 24.1 Å². The standard InChI is InChI=1S/C18H20FN3O3/c1-11(2)6-17(23)22-15-5-4-14(8-16(15)25-3)21-18(24)12-7-13(19)10-20-9-12/h4-5,7-11H,6H2,1-3H3,(H,21,24)(H,22,23). The van der Waals surface area contributed by atoms with Crippen LogP contribution >= 0.6 is 0 Å². The zero-order valence-electron chi connectivity index (χ0n) is 14.3. The quantitative estimate of drug-likeness (QED) is 0.840. The summed E-state index contributed by atoms with van der Waals surface area (Å²) in [6.45, 7) is 3.91. The number of nitrogens with zero attached hydrogens (tertiary/aromatic N) is 1. The molecule has 7 heteroatoms. The van der Waals surface area contributed by atoms with Gasteiger partial charge in [-0.1, -0.05) is 13.8 Å². The molecule has 25 heavy (non-hydrogen) atoms. The molecular weight excluding hydrogens is 325 g/mol. The Hall–Kier alpha value is -2.96. The Bertz CT molecular complexity index is 778. The van der Waals surface area contributed by atoms with Crippen LogP contribution in [0.3, 0.4) is 0 Å². The molecule has 0 spiro atoms. The van der Waals surface area contributed by atoms with Crippen LogP contribution in [0.2, 0.25) is 0 Å². The second-order valence-corrected chi connectivity index (χ2v) is 5.91. The maximum atomic E-state index is 13.1. The molecule has 6 nitrogen and oxygen atoms in total. The number of rotatable bonds is 6. The number of nitrogens with one attached hydrogen (secondary N) is 2. The highest BCUT2D eigenvalue weighted by atomic mass is 19.1. The Morgan fingerprint density at radius 1 is 1.20 bits per heavy atom. The summed E-state index contributed by atoms with van der Waals surface area (Å²) >= 11 is 0. The minimum atomic E-state index is -0.589. The molecule has 0 fully saturated rings. The molecule has 1 aromatic carbocycles. The molecule has 0 atom stereocenters. The molecule has 0 aliphatic carbocycles. The predicted molar refractivity (Wildman–Crippen MR) is 93.2 cm³/mol. The van der Waals surface area contributed by atoms with Gasteiger partial charge in [0.15, 0.2) is 0 Å². The van der Waals surface area contributed by atoms with Crippen molar-refractivity contribution in [2.75, 3.05) is 17.7 Å². The van der Waals surface area contributed by atoms with Crippen LogP contribution in [0.25, 0.3) is 0 Å². The zero-order valence-corrected chi connectivity index (χ0v) is 14.3. The van der Waals surface area contributed by atoms with Crippen molar-refractivity contribution in [3.8, 4) is 5.75 Å². The lowest BCUT2D eigenvalue weighted by molar-refractivity contribution is -0.116. The van der Waals surface area contributed by atoms with Crippen LogP contribution < -0.4 is 15.4 Å². The average molecular weight is 345 g/mol. The number of pyridine rings is 1. The third-order valence-corrected chi connectivity index (χ3v) is 3.29. The lowest BCUT2D eigenvalue weighted by Gasteiger charge is -2.13. The van der Waals surface area contributed by atoms with Crippen molar-refractivity contribution in [1.29, 1.82) is 0 Å². The summed E-state index contributed by atoms with van der Waals surface area (Å²) < 4.78 is 18.4. The summed E-state index contributed by atoms with van der Waals surface area (Å²) in [5, 5.41) is 5.41. The van der Waals surface area contributed by atoms with Gasteiger partial charge in [0.25, 0.3) is 5.91 Å². The van der Waals surface area contributed by atoms with Crippen molar-refractivity contribution in [1.82, 2.24) is 4.98 Å². The van der Waals surface area contributed by atoms with Gasteiger partial charge in [-0.25, -0.2) is 4.39 Å². The fourth-order valence-corrected chi connectivity index (χ4v) is 2.18. The predicted octanol–water partition coefficient (Wildman–Crippen LogP) is 3.47. The molecule has 0 aliphatic heterocycles. The number of halogens is 1. The van der Waals surface area contributed by atoms with E-state index in [4.69, 9.17) is 4.74 Å². The minimum absolute atomic E-state index is 0.105. The highest BCUT2D eigenvalue weighted by Crippen LogP contribution is 2.28. The number of benzene rings is 1. The molecule has 1 aromatic heterocycles. The Labute approximate surface area is 145 Å². The first-order valence-corrected chi connectivity index (χ1v) is 7.79. The molecule has 0 bridgehead atoms. The molecule has 1 heterocycles. The molecule has 0 saturated carbocycles. The van der Waals surface area contributed by atoms with Crippen LogP contribution in [0.1, 0.15) is 30.6 Å². The first-order chi connectivity index (χ1) is 11.9. The molecule has 2 aromatic rings. The number of hydrogen-bond acceptors (Lipinski definition) is 4. The van der Waals surface area contributed by atoms with Gasteiger partial charge in [0.1, 0.15) is 11.6 Å². The van der Waals surface area contributed by atoms with Gasteiger partial charge in [-0.15, -0.1) is 0 Å². The smallest absolute Gasteiger partial charge is 0.257 e. The van der Waals surface area contributed by atoms with E-state index < -0.39 is 11.7 Å². The highest BCUT2D eigenvalue weighted by molar-refractivity contribution is 6.04. The maximum absolute atomic E-state index is 13.1. The number of aromatic nitrogens is 1. The Balaban J connectivity index is 2.12. The topological polar surface area (TPSA) is 80.3 Å². The molecule has 2 N–H and O–H groups in total. The van der Waals surface area contributed by atoms with E-state index >= 15 is 0 Å².